The molecule has 6 rings (SSSR count). The van der Waals surface area contributed by atoms with Crippen molar-refractivity contribution in [3.05, 3.63) is 130 Å². The van der Waals surface area contributed by atoms with Crippen LogP contribution in [-0.4, -0.2) is 34.2 Å². The predicted molar refractivity (Wildman–Crippen MR) is 165 cm³/mol. The molecule has 2 aromatic carbocycles. The van der Waals surface area contributed by atoms with Gasteiger partial charge in [0.15, 0.2) is 5.13 Å². The second-order valence-electron chi connectivity index (χ2n) is 10.4. The van der Waals surface area contributed by atoms with Crippen LogP contribution in [0.1, 0.15) is 41.3 Å². The van der Waals surface area contributed by atoms with Gasteiger partial charge in [0.25, 0.3) is 0 Å². The van der Waals surface area contributed by atoms with E-state index in [1.165, 1.54) is 29.5 Å². The summed E-state index contributed by atoms with van der Waals surface area (Å²) in [6, 6.07) is 16.5. The molecule has 1 unspecified atom stereocenters. The Bertz CT molecular complexity index is 1930. The monoisotopic (exact) mass is 651 g/mol. The number of thiazole rings is 1. The highest BCUT2D eigenvalue weighted by Crippen LogP contribution is 2.34. The number of benzene rings is 2. The van der Waals surface area contributed by atoms with Gasteiger partial charge in [0.2, 0.25) is 5.82 Å². The second kappa shape index (κ2) is 12.5. The minimum atomic E-state index is -4.70. The Morgan fingerprint density at radius 2 is 1.84 bits per heavy atom. The lowest BCUT2D eigenvalue weighted by Crippen LogP contribution is -2.28. The van der Waals surface area contributed by atoms with Gasteiger partial charge in [-0.3, -0.25) is 9.47 Å². The van der Waals surface area contributed by atoms with E-state index in [9.17, 15) is 17.6 Å². The smallest absolute Gasteiger partial charge is 0.296 e. The highest BCUT2D eigenvalue weighted by Gasteiger charge is 2.35. The van der Waals surface area contributed by atoms with Gasteiger partial charge in [-0.15, -0.1) is 11.3 Å². The Balaban J connectivity index is 1.41. The van der Waals surface area contributed by atoms with E-state index in [2.05, 4.69) is 25.0 Å². The summed E-state index contributed by atoms with van der Waals surface area (Å²) in [6.07, 6.45) is 1.85. The van der Waals surface area contributed by atoms with E-state index in [0.29, 0.717) is 29.4 Å². The van der Waals surface area contributed by atoms with E-state index in [1.807, 2.05) is 42.1 Å². The summed E-state index contributed by atoms with van der Waals surface area (Å²) in [4.78, 5) is 13.9. The first kappa shape index (κ1) is 30.6. The molecule has 0 saturated carbocycles. The van der Waals surface area contributed by atoms with Crippen molar-refractivity contribution in [2.45, 2.75) is 39.2 Å². The molecule has 230 valence electrons. The molecule has 0 bridgehead atoms. The van der Waals surface area contributed by atoms with Crippen LogP contribution in [0.5, 0.6) is 0 Å². The van der Waals surface area contributed by atoms with Gasteiger partial charge in [-0.05, 0) is 67.9 Å². The zero-order valence-corrected chi connectivity index (χ0v) is 25.7. The summed E-state index contributed by atoms with van der Waals surface area (Å²) in [7, 11) is 0. The van der Waals surface area contributed by atoms with Gasteiger partial charge in [-0.25, -0.2) is 24.0 Å². The standard InChI is InChI=1S/C32H26ClF4N7S/c1-20(28-17-40-44(21(28)2)25-6-3-5-24(34)16-25)42(19-26-7-4-13-43(26)31-39-12-14-45-31)18-22-8-9-23(33)15-27(22)29-10-11-38-30(41-29)32(35,36)37/h3-17,20H,18-19H2,1-2H3. The minimum absolute atomic E-state index is 0.115. The van der Waals surface area contributed by atoms with E-state index in [4.69, 9.17) is 11.6 Å². The lowest BCUT2D eigenvalue weighted by molar-refractivity contribution is -0.144. The Morgan fingerprint density at radius 1 is 1.00 bits per heavy atom. The molecule has 0 saturated heterocycles. The molecule has 13 heteroatoms. The van der Waals surface area contributed by atoms with Gasteiger partial charge in [0.05, 0.1) is 17.6 Å². The van der Waals surface area contributed by atoms with Crippen molar-refractivity contribution < 1.29 is 17.6 Å². The molecular weight excluding hydrogens is 626 g/mol. The third-order valence-corrected chi connectivity index (χ3v) is 8.56. The lowest BCUT2D eigenvalue weighted by atomic mass is 10.0. The number of aromatic nitrogens is 6. The predicted octanol–water partition coefficient (Wildman–Crippen LogP) is 8.46. The van der Waals surface area contributed by atoms with Gasteiger partial charge in [-0.1, -0.05) is 23.7 Å². The first-order valence-corrected chi connectivity index (χ1v) is 15.1. The molecule has 45 heavy (non-hydrogen) atoms. The number of halogens is 5. The minimum Gasteiger partial charge on any atom is -0.296 e. The van der Waals surface area contributed by atoms with Crippen molar-refractivity contribution in [2.24, 2.45) is 0 Å². The molecule has 4 aromatic heterocycles. The molecular formula is C32H26ClF4N7S. The summed E-state index contributed by atoms with van der Waals surface area (Å²) in [5.74, 6) is -1.59. The molecule has 0 aliphatic carbocycles. The maximum atomic E-state index is 14.0. The Hall–Kier alpha value is -4.39. The SMILES string of the molecule is Cc1c(C(C)N(Cc2ccc(Cl)cc2-c2ccnc(C(F)(F)F)n2)Cc2cccn2-c2nccs2)cnn1-c1cccc(F)c1. The van der Waals surface area contributed by atoms with Crippen molar-refractivity contribution in [3.63, 3.8) is 0 Å². The van der Waals surface area contributed by atoms with Crippen LogP contribution < -0.4 is 0 Å². The summed E-state index contributed by atoms with van der Waals surface area (Å²) < 4.78 is 58.3. The van der Waals surface area contributed by atoms with Crippen LogP contribution in [0.4, 0.5) is 17.6 Å². The van der Waals surface area contributed by atoms with Crippen LogP contribution in [0.3, 0.4) is 0 Å². The molecule has 0 aliphatic rings. The number of hydrogen-bond donors (Lipinski definition) is 0. The van der Waals surface area contributed by atoms with E-state index < -0.39 is 12.0 Å². The average Bonchev–Trinajstić information content (AvgIpc) is 3.78. The Kier molecular flexibility index (Phi) is 8.54. The fourth-order valence-corrected chi connectivity index (χ4v) is 6.12. The van der Waals surface area contributed by atoms with Crippen LogP contribution in [0, 0.1) is 12.7 Å². The summed E-state index contributed by atoms with van der Waals surface area (Å²) in [6.45, 7) is 4.75. The third-order valence-electron chi connectivity index (χ3n) is 7.55. The normalized spacial score (nSPS) is 12.6. The second-order valence-corrected chi connectivity index (χ2v) is 11.7. The number of alkyl halides is 3. The molecule has 4 heterocycles. The van der Waals surface area contributed by atoms with Crippen molar-refractivity contribution in [3.8, 4) is 22.1 Å². The zero-order chi connectivity index (χ0) is 31.7. The van der Waals surface area contributed by atoms with Crippen molar-refractivity contribution >= 4 is 22.9 Å². The van der Waals surface area contributed by atoms with E-state index in [1.54, 1.807) is 47.4 Å². The van der Waals surface area contributed by atoms with Gasteiger partial charge in [-0.2, -0.15) is 18.3 Å². The van der Waals surface area contributed by atoms with Crippen LogP contribution >= 0.6 is 22.9 Å². The van der Waals surface area contributed by atoms with Gasteiger partial charge >= 0.3 is 6.18 Å². The van der Waals surface area contributed by atoms with Crippen molar-refractivity contribution in [1.29, 1.82) is 0 Å². The average molecular weight is 652 g/mol. The third kappa shape index (κ3) is 6.53. The molecule has 0 spiro atoms. The molecule has 0 fully saturated rings. The molecule has 6 aromatic rings. The first-order chi connectivity index (χ1) is 21.6. The molecule has 0 amide bonds. The quantitative estimate of drug-likeness (QED) is 0.147. The first-order valence-electron chi connectivity index (χ1n) is 13.9. The fraction of sp³-hybridized carbons (Fsp3) is 0.188. The van der Waals surface area contributed by atoms with Crippen LogP contribution in [0.15, 0.2) is 90.8 Å². The maximum absolute atomic E-state index is 14.0. The van der Waals surface area contributed by atoms with E-state index >= 15 is 0 Å². The Labute approximate surface area is 265 Å². The highest BCUT2D eigenvalue weighted by molar-refractivity contribution is 7.12. The molecule has 7 nitrogen and oxygen atoms in total. The van der Waals surface area contributed by atoms with Crippen LogP contribution in [0.25, 0.3) is 22.1 Å². The number of nitrogens with zero attached hydrogens (tertiary/aromatic N) is 7. The zero-order valence-electron chi connectivity index (χ0n) is 24.1. The van der Waals surface area contributed by atoms with Crippen LogP contribution in [-0.2, 0) is 19.3 Å². The topological polar surface area (TPSA) is 64.7 Å². The summed E-state index contributed by atoms with van der Waals surface area (Å²) >= 11 is 7.86. The maximum Gasteiger partial charge on any atom is 0.451 e. The fourth-order valence-electron chi connectivity index (χ4n) is 5.29. The number of hydrogen-bond acceptors (Lipinski definition) is 6. The largest absolute Gasteiger partial charge is 0.451 e. The molecule has 0 N–H and O–H groups in total. The van der Waals surface area contributed by atoms with Gasteiger partial charge in [0, 0.05) is 70.6 Å². The van der Waals surface area contributed by atoms with Gasteiger partial charge in [0.1, 0.15) is 5.82 Å². The van der Waals surface area contributed by atoms with E-state index in [-0.39, 0.29) is 17.6 Å². The summed E-state index contributed by atoms with van der Waals surface area (Å²) in [5.41, 5.74) is 4.60. The molecule has 1 atom stereocenters. The van der Waals surface area contributed by atoms with Gasteiger partial charge < -0.3 is 0 Å². The Morgan fingerprint density at radius 3 is 2.60 bits per heavy atom. The van der Waals surface area contributed by atoms with E-state index in [0.717, 1.165) is 33.8 Å². The van der Waals surface area contributed by atoms with Crippen molar-refractivity contribution in [1.82, 2.24) is 34.2 Å². The summed E-state index contributed by atoms with van der Waals surface area (Å²) in [5, 5.41) is 7.65. The number of rotatable bonds is 9. The lowest BCUT2D eigenvalue weighted by Gasteiger charge is -2.30. The highest BCUT2D eigenvalue weighted by atomic mass is 35.5. The van der Waals surface area contributed by atoms with Crippen molar-refractivity contribution in [2.75, 3.05) is 0 Å². The molecule has 0 aliphatic heterocycles. The van der Waals surface area contributed by atoms with Crippen LogP contribution in [0.2, 0.25) is 5.02 Å². The molecule has 0 radical (unpaired) electrons.